The molecule has 38 heavy (non-hydrogen) atoms. The molecule has 3 atom stereocenters. The van der Waals surface area contributed by atoms with E-state index in [1.54, 1.807) is 6.92 Å². The summed E-state index contributed by atoms with van der Waals surface area (Å²) in [5.74, 6) is -1.10. The Kier molecular flexibility index (Phi) is 26.6. The van der Waals surface area contributed by atoms with Crippen LogP contribution in [0.2, 0.25) is 0 Å². The van der Waals surface area contributed by atoms with E-state index in [2.05, 4.69) is 19.2 Å². The lowest BCUT2D eigenvalue weighted by atomic mass is 9.99. The maximum atomic E-state index is 14.8. The van der Waals surface area contributed by atoms with Crippen molar-refractivity contribution in [1.82, 2.24) is 5.32 Å². The van der Waals surface area contributed by atoms with E-state index < -0.39 is 24.3 Å². The highest BCUT2D eigenvalue weighted by atomic mass is 19.1. The Morgan fingerprint density at radius 2 is 1.05 bits per heavy atom. The minimum Gasteiger partial charge on any atom is -0.464 e. The number of nitrogens with one attached hydrogen (secondary N) is 1. The minimum atomic E-state index is -1.59. The van der Waals surface area contributed by atoms with Crippen LogP contribution in [0.3, 0.4) is 0 Å². The highest BCUT2D eigenvalue weighted by Crippen LogP contribution is 2.17. The molecule has 0 heterocycles. The van der Waals surface area contributed by atoms with Crippen LogP contribution in [0.1, 0.15) is 168 Å². The molecule has 1 amide bonds. The van der Waals surface area contributed by atoms with E-state index in [1.165, 1.54) is 89.9 Å². The van der Waals surface area contributed by atoms with Gasteiger partial charge >= 0.3 is 5.97 Å². The maximum Gasteiger partial charge on any atom is 0.331 e. The first kappa shape index (κ1) is 36.8. The lowest BCUT2D eigenvalue weighted by Gasteiger charge is -2.25. The molecule has 0 aliphatic carbocycles. The van der Waals surface area contributed by atoms with Crippen LogP contribution < -0.4 is 5.32 Å². The van der Waals surface area contributed by atoms with Crippen molar-refractivity contribution in [1.29, 1.82) is 0 Å². The molecule has 0 saturated heterocycles. The summed E-state index contributed by atoms with van der Waals surface area (Å²) >= 11 is 0. The van der Waals surface area contributed by atoms with Gasteiger partial charge in [0.2, 0.25) is 5.91 Å². The third-order valence-electron chi connectivity index (χ3n) is 7.41. The number of alkyl halides is 1. The standard InChI is InChI=1S/C32H62FNO4/c1-4-7-9-11-13-15-16-17-19-20-22-24-26-28(33)31(36)30(32(37)38-6-3)34-29(35)27-25-23-21-18-14-12-10-8-5-2/h28,30-31,36H,4-27H2,1-3H3,(H,34,35)/t28-,30+,31+/m1/s1. The molecule has 0 rings (SSSR count). The summed E-state index contributed by atoms with van der Waals surface area (Å²) in [4.78, 5) is 24.8. The molecular formula is C32H62FNO4. The van der Waals surface area contributed by atoms with E-state index in [0.717, 1.165) is 38.5 Å². The molecule has 0 unspecified atom stereocenters. The van der Waals surface area contributed by atoms with Crippen LogP contribution >= 0.6 is 0 Å². The molecule has 0 bridgehead atoms. The van der Waals surface area contributed by atoms with Gasteiger partial charge in [-0.05, 0) is 19.8 Å². The van der Waals surface area contributed by atoms with Crippen molar-refractivity contribution in [3.8, 4) is 0 Å². The van der Waals surface area contributed by atoms with Crippen LogP contribution in [0.15, 0.2) is 0 Å². The van der Waals surface area contributed by atoms with Crippen molar-refractivity contribution >= 4 is 11.9 Å². The number of ether oxygens (including phenoxy) is 1. The number of unbranched alkanes of at least 4 members (excludes halogenated alkanes) is 19. The van der Waals surface area contributed by atoms with E-state index >= 15 is 0 Å². The predicted octanol–water partition coefficient (Wildman–Crippen LogP) is 8.75. The van der Waals surface area contributed by atoms with Gasteiger partial charge in [-0.25, -0.2) is 9.18 Å². The Balaban J connectivity index is 4.14. The van der Waals surface area contributed by atoms with Crippen molar-refractivity contribution < 1.29 is 23.8 Å². The fourth-order valence-corrected chi connectivity index (χ4v) is 4.92. The topological polar surface area (TPSA) is 75.6 Å². The molecule has 226 valence electrons. The van der Waals surface area contributed by atoms with Crippen LogP contribution in [-0.2, 0) is 14.3 Å². The van der Waals surface area contributed by atoms with Gasteiger partial charge in [-0.1, -0.05) is 142 Å². The van der Waals surface area contributed by atoms with E-state index in [9.17, 15) is 19.1 Å². The first-order valence-corrected chi connectivity index (χ1v) is 16.3. The summed E-state index contributed by atoms with van der Waals surface area (Å²) in [6, 6.07) is -1.35. The molecule has 0 saturated carbocycles. The number of amides is 1. The van der Waals surface area contributed by atoms with Crippen LogP contribution in [-0.4, -0.2) is 41.9 Å². The largest absolute Gasteiger partial charge is 0.464 e. The van der Waals surface area contributed by atoms with Gasteiger partial charge in [0.1, 0.15) is 12.3 Å². The summed E-state index contributed by atoms with van der Waals surface area (Å²) in [5, 5.41) is 13.1. The summed E-state index contributed by atoms with van der Waals surface area (Å²) in [6.07, 6.45) is 21.9. The average Bonchev–Trinajstić information content (AvgIpc) is 2.91. The number of carbonyl (C=O) groups is 2. The normalized spacial score (nSPS) is 13.7. The van der Waals surface area contributed by atoms with Gasteiger partial charge in [-0.2, -0.15) is 0 Å². The highest BCUT2D eigenvalue weighted by Gasteiger charge is 2.35. The van der Waals surface area contributed by atoms with Crippen LogP contribution in [0.5, 0.6) is 0 Å². The Labute approximate surface area is 234 Å². The second kappa shape index (κ2) is 27.4. The maximum absolute atomic E-state index is 14.8. The number of rotatable bonds is 28. The van der Waals surface area contributed by atoms with Crippen LogP contribution in [0.4, 0.5) is 4.39 Å². The number of carbonyl (C=O) groups excluding carboxylic acids is 2. The zero-order valence-corrected chi connectivity index (χ0v) is 25.3. The zero-order valence-electron chi connectivity index (χ0n) is 25.3. The second-order valence-corrected chi connectivity index (χ2v) is 11.1. The summed E-state index contributed by atoms with van der Waals surface area (Å²) in [7, 11) is 0. The fraction of sp³-hybridized carbons (Fsp3) is 0.938. The van der Waals surface area contributed by atoms with Crippen molar-refractivity contribution in [3.05, 3.63) is 0 Å². The zero-order chi connectivity index (χ0) is 28.3. The molecule has 2 N–H and O–H groups in total. The SMILES string of the molecule is CCCCCCCCCCCCCC[C@@H](F)[C@H](O)[C@H](NC(=O)CCCCCCCCCCC)C(=O)OCC. The Morgan fingerprint density at radius 1 is 0.658 bits per heavy atom. The van der Waals surface area contributed by atoms with Gasteiger partial charge in [0.15, 0.2) is 6.04 Å². The van der Waals surface area contributed by atoms with E-state index in [-0.39, 0.29) is 25.4 Å². The summed E-state index contributed by atoms with van der Waals surface area (Å²) in [5.41, 5.74) is 0. The molecule has 0 aliphatic heterocycles. The Hall–Kier alpha value is -1.17. The van der Waals surface area contributed by atoms with Crippen molar-refractivity contribution in [2.75, 3.05) is 6.61 Å². The van der Waals surface area contributed by atoms with E-state index in [4.69, 9.17) is 4.74 Å². The number of halogens is 1. The van der Waals surface area contributed by atoms with Gasteiger partial charge in [0, 0.05) is 6.42 Å². The third-order valence-corrected chi connectivity index (χ3v) is 7.41. The smallest absolute Gasteiger partial charge is 0.331 e. The number of hydrogen-bond acceptors (Lipinski definition) is 4. The molecule has 0 radical (unpaired) electrons. The first-order valence-electron chi connectivity index (χ1n) is 16.3. The lowest BCUT2D eigenvalue weighted by Crippen LogP contribution is -2.52. The van der Waals surface area contributed by atoms with Crippen LogP contribution in [0, 0.1) is 0 Å². The van der Waals surface area contributed by atoms with E-state index in [0.29, 0.717) is 6.42 Å². The van der Waals surface area contributed by atoms with E-state index in [1.807, 2.05) is 0 Å². The highest BCUT2D eigenvalue weighted by molar-refractivity contribution is 5.85. The molecule has 0 spiro atoms. The number of esters is 1. The minimum absolute atomic E-state index is 0.117. The third kappa shape index (κ3) is 21.7. The second-order valence-electron chi connectivity index (χ2n) is 11.1. The van der Waals surface area contributed by atoms with Crippen molar-refractivity contribution in [2.24, 2.45) is 0 Å². The Morgan fingerprint density at radius 3 is 1.47 bits per heavy atom. The first-order chi connectivity index (χ1) is 18.5. The lowest BCUT2D eigenvalue weighted by molar-refractivity contribution is -0.152. The monoisotopic (exact) mass is 543 g/mol. The average molecular weight is 544 g/mol. The molecule has 0 aromatic carbocycles. The van der Waals surface area contributed by atoms with Gasteiger partial charge < -0.3 is 15.2 Å². The van der Waals surface area contributed by atoms with Crippen LogP contribution in [0.25, 0.3) is 0 Å². The molecule has 0 fully saturated rings. The predicted molar refractivity (Wildman–Crippen MR) is 157 cm³/mol. The van der Waals surface area contributed by atoms with Gasteiger partial charge in [-0.15, -0.1) is 0 Å². The summed E-state index contributed by atoms with van der Waals surface area (Å²) < 4.78 is 19.8. The molecule has 6 heteroatoms. The fourth-order valence-electron chi connectivity index (χ4n) is 4.92. The van der Waals surface area contributed by atoms with Crippen molar-refractivity contribution in [2.45, 2.75) is 187 Å². The number of aliphatic hydroxyl groups excluding tert-OH is 1. The van der Waals surface area contributed by atoms with Gasteiger partial charge in [0.25, 0.3) is 0 Å². The quantitative estimate of drug-likeness (QED) is 0.0764. The van der Waals surface area contributed by atoms with Crippen molar-refractivity contribution in [3.63, 3.8) is 0 Å². The molecule has 0 aliphatic rings. The van der Waals surface area contributed by atoms with Gasteiger partial charge in [0.05, 0.1) is 6.61 Å². The molecule has 5 nitrogen and oxygen atoms in total. The Bertz CT molecular complexity index is 546. The molecule has 0 aromatic heterocycles. The summed E-state index contributed by atoms with van der Waals surface area (Å²) in [6.45, 7) is 6.23. The molecular weight excluding hydrogens is 481 g/mol. The van der Waals surface area contributed by atoms with Gasteiger partial charge in [-0.3, -0.25) is 4.79 Å². The molecule has 0 aromatic rings. The number of hydrogen-bond donors (Lipinski definition) is 2. The number of aliphatic hydroxyl groups is 1.